The van der Waals surface area contributed by atoms with Crippen molar-refractivity contribution in [3.63, 3.8) is 0 Å². The van der Waals surface area contributed by atoms with E-state index < -0.39 is 0 Å². The molecule has 0 heterocycles. The molecule has 0 fully saturated rings. The van der Waals surface area contributed by atoms with E-state index in [4.69, 9.17) is 10.5 Å². The lowest BCUT2D eigenvalue weighted by Gasteiger charge is -2.13. The number of ether oxygens (including phenoxy) is 1. The molecule has 1 unspecified atom stereocenters. The summed E-state index contributed by atoms with van der Waals surface area (Å²) in [5, 5.41) is 0. The monoisotopic (exact) mass is 351 g/mol. The summed E-state index contributed by atoms with van der Waals surface area (Å²) in [6.45, 7) is 2.61. The lowest BCUT2D eigenvalue weighted by atomic mass is 10.0. The van der Waals surface area contributed by atoms with Gasteiger partial charge in [-0.05, 0) is 71.1 Å². The van der Waals surface area contributed by atoms with Crippen LogP contribution < -0.4 is 10.5 Å². The molecular weight excluding hydrogens is 333 g/mol. The third kappa shape index (κ3) is 5.14. The van der Waals surface area contributed by atoms with Crippen LogP contribution in [0, 0.1) is 12.7 Å². The summed E-state index contributed by atoms with van der Waals surface area (Å²) in [5.41, 5.74) is 8.29. The molecule has 4 heteroatoms. The van der Waals surface area contributed by atoms with Gasteiger partial charge in [0.1, 0.15) is 11.6 Å². The standard InChI is InChI=1S/C17H19BrFNO/c1-12-3-2-4-15(9-12)21-8-7-14(20)10-13-5-6-17(19)16(18)11-13/h2-6,9,11,14H,7-8,10,20H2,1H3. The molecule has 0 radical (unpaired) electrons. The van der Waals surface area contributed by atoms with Gasteiger partial charge in [0.2, 0.25) is 0 Å². The second-order valence-corrected chi connectivity index (χ2v) is 6.02. The number of aryl methyl sites for hydroxylation is 1. The fourth-order valence-electron chi connectivity index (χ4n) is 2.10. The molecule has 112 valence electrons. The number of nitrogens with two attached hydrogens (primary N) is 1. The van der Waals surface area contributed by atoms with Crippen LogP contribution >= 0.6 is 15.9 Å². The van der Waals surface area contributed by atoms with Crippen LogP contribution in [0.15, 0.2) is 46.9 Å². The molecule has 0 aromatic heterocycles. The van der Waals surface area contributed by atoms with Crippen LogP contribution in [0.1, 0.15) is 17.5 Å². The maximum absolute atomic E-state index is 13.2. The predicted molar refractivity (Wildman–Crippen MR) is 87.1 cm³/mol. The van der Waals surface area contributed by atoms with Gasteiger partial charge in [-0.1, -0.05) is 18.2 Å². The third-order valence-corrected chi connectivity index (χ3v) is 3.84. The minimum Gasteiger partial charge on any atom is -0.494 e. The van der Waals surface area contributed by atoms with Gasteiger partial charge < -0.3 is 10.5 Å². The average Bonchev–Trinajstić information content (AvgIpc) is 2.43. The first-order valence-electron chi connectivity index (χ1n) is 6.93. The molecule has 0 saturated carbocycles. The van der Waals surface area contributed by atoms with Crippen molar-refractivity contribution < 1.29 is 9.13 Å². The Morgan fingerprint density at radius 2 is 2.05 bits per heavy atom. The van der Waals surface area contributed by atoms with Gasteiger partial charge in [0, 0.05) is 6.04 Å². The Bertz CT molecular complexity index is 603. The number of halogens is 2. The van der Waals surface area contributed by atoms with E-state index in [0.717, 1.165) is 17.7 Å². The van der Waals surface area contributed by atoms with Crippen molar-refractivity contribution in [3.8, 4) is 5.75 Å². The zero-order chi connectivity index (χ0) is 15.2. The molecule has 2 N–H and O–H groups in total. The van der Waals surface area contributed by atoms with Crippen LogP contribution in [0.5, 0.6) is 5.75 Å². The van der Waals surface area contributed by atoms with E-state index in [1.54, 1.807) is 12.1 Å². The van der Waals surface area contributed by atoms with Gasteiger partial charge in [-0.15, -0.1) is 0 Å². The maximum Gasteiger partial charge on any atom is 0.137 e. The Labute approximate surface area is 133 Å². The average molecular weight is 352 g/mol. The molecule has 0 saturated heterocycles. The summed E-state index contributed by atoms with van der Waals surface area (Å²) in [7, 11) is 0. The van der Waals surface area contributed by atoms with E-state index in [2.05, 4.69) is 15.9 Å². The summed E-state index contributed by atoms with van der Waals surface area (Å²) < 4.78 is 19.3. The van der Waals surface area contributed by atoms with Crippen molar-refractivity contribution in [3.05, 3.63) is 63.9 Å². The first-order chi connectivity index (χ1) is 10.0. The SMILES string of the molecule is Cc1cccc(OCCC(N)Cc2ccc(F)c(Br)c2)c1. The highest BCUT2D eigenvalue weighted by Gasteiger charge is 2.07. The van der Waals surface area contributed by atoms with Crippen molar-refractivity contribution in [1.82, 2.24) is 0 Å². The third-order valence-electron chi connectivity index (χ3n) is 3.23. The molecule has 2 aromatic rings. The lowest BCUT2D eigenvalue weighted by Crippen LogP contribution is -2.25. The normalized spacial score (nSPS) is 12.2. The molecule has 0 spiro atoms. The van der Waals surface area contributed by atoms with E-state index in [0.29, 0.717) is 17.5 Å². The Morgan fingerprint density at radius 1 is 1.24 bits per heavy atom. The minimum absolute atomic E-state index is 0.00725. The topological polar surface area (TPSA) is 35.2 Å². The van der Waals surface area contributed by atoms with E-state index in [-0.39, 0.29) is 11.9 Å². The fourth-order valence-corrected chi connectivity index (χ4v) is 2.53. The van der Waals surface area contributed by atoms with Gasteiger partial charge in [0.25, 0.3) is 0 Å². The van der Waals surface area contributed by atoms with Crippen LogP contribution in [-0.4, -0.2) is 12.6 Å². The van der Waals surface area contributed by atoms with Crippen molar-refractivity contribution in [2.24, 2.45) is 5.73 Å². The van der Waals surface area contributed by atoms with E-state index in [1.165, 1.54) is 11.6 Å². The highest BCUT2D eigenvalue weighted by Crippen LogP contribution is 2.18. The van der Waals surface area contributed by atoms with Crippen LogP contribution in [0.3, 0.4) is 0 Å². The van der Waals surface area contributed by atoms with Crippen molar-refractivity contribution in [2.45, 2.75) is 25.8 Å². The molecule has 2 rings (SSSR count). The van der Waals surface area contributed by atoms with E-state index in [9.17, 15) is 4.39 Å². The Kier molecular flexibility index (Phi) is 5.76. The lowest BCUT2D eigenvalue weighted by molar-refractivity contribution is 0.297. The van der Waals surface area contributed by atoms with Crippen molar-refractivity contribution >= 4 is 15.9 Å². The van der Waals surface area contributed by atoms with Crippen LogP contribution in [0.25, 0.3) is 0 Å². The molecule has 0 aliphatic heterocycles. The van der Waals surface area contributed by atoms with Crippen LogP contribution in [0.2, 0.25) is 0 Å². The Balaban J connectivity index is 1.79. The highest BCUT2D eigenvalue weighted by molar-refractivity contribution is 9.10. The second-order valence-electron chi connectivity index (χ2n) is 5.17. The van der Waals surface area contributed by atoms with E-state index >= 15 is 0 Å². The quantitative estimate of drug-likeness (QED) is 0.844. The molecular formula is C17H19BrFNO. The van der Waals surface area contributed by atoms with Gasteiger partial charge in [-0.2, -0.15) is 0 Å². The predicted octanol–water partition coefficient (Wildman–Crippen LogP) is 4.24. The largest absolute Gasteiger partial charge is 0.494 e. The Hall–Kier alpha value is -1.39. The van der Waals surface area contributed by atoms with Gasteiger partial charge in [-0.25, -0.2) is 4.39 Å². The minimum atomic E-state index is -0.255. The first kappa shape index (κ1) is 16.0. The van der Waals surface area contributed by atoms with Gasteiger partial charge in [0.05, 0.1) is 11.1 Å². The number of hydrogen-bond acceptors (Lipinski definition) is 2. The fraction of sp³-hybridized carbons (Fsp3) is 0.294. The highest BCUT2D eigenvalue weighted by atomic mass is 79.9. The summed E-state index contributed by atoms with van der Waals surface area (Å²) >= 11 is 3.19. The summed E-state index contributed by atoms with van der Waals surface area (Å²) in [4.78, 5) is 0. The van der Waals surface area contributed by atoms with Gasteiger partial charge >= 0.3 is 0 Å². The van der Waals surface area contributed by atoms with Crippen molar-refractivity contribution in [1.29, 1.82) is 0 Å². The van der Waals surface area contributed by atoms with Crippen LogP contribution in [-0.2, 0) is 6.42 Å². The second kappa shape index (κ2) is 7.57. The zero-order valence-corrected chi connectivity index (χ0v) is 13.6. The Morgan fingerprint density at radius 3 is 2.76 bits per heavy atom. The molecule has 0 aliphatic rings. The number of hydrogen-bond donors (Lipinski definition) is 1. The molecule has 2 nitrogen and oxygen atoms in total. The van der Waals surface area contributed by atoms with Gasteiger partial charge in [-0.3, -0.25) is 0 Å². The molecule has 1 atom stereocenters. The number of benzene rings is 2. The number of rotatable bonds is 6. The maximum atomic E-state index is 13.2. The summed E-state index contributed by atoms with van der Waals surface area (Å²) in [6, 6.07) is 12.9. The summed E-state index contributed by atoms with van der Waals surface area (Å²) in [5.74, 6) is 0.613. The van der Waals surface area contributed by atoms with E-state index in [1.807, 2.05) is 31.2 Å². The smallest absolute Gasteiger partial charge is 0.137 e. The van der Waals surface area contributed by atoms with Crippen molar-refractivity contribution in [2.75, 3.05) is 6.61 Å². The molecule has 0 amide bonds. The molecule has 0 aliphatic carbocycles. The molecule has 21 heavy (non-hydrogen) atoms. The van der Waals surface area contributed by atoms with Crippen LogP contribution in [0.4, 0.5) is 4.39 Å². The zero-order valence-electron chi connectivity index (χ0n) is 12.0. The molecule has 0 bridgehead atoms. The molecule has 2 aromatic carbocycles. The van der Waals surface area contributed by atoms with Gasteiger partial charge in [0.15, 0.2) is 0 Å². The summed E-state index contributed by atoms with van der Waals surface area (Å²) in [6.07, 6.45) is 1.46. The first-order valence-corrected chi connectivity index (χ1v) is 7.73.